The highest BCUT2D eigenvalue weighted by Crippen LogP contribution is 2.14. The van der Waals surface area contributed by atoms with Gasteiger partial charge in [0.2, 0.25) is 0 Å². The molecule has 0 saturated carbocycles. The Labute approximate surface area is 103 Å². The van der Waals surface area contributed by atoms with E-state index < -0.39 is 0 Å². The minimum atomic E-state index is 0.253. The molecule has 0 aromatic carbocycles. The lowest BCUT2D eigenvalue weighted by molar-refractivity contribution is 0.0658. The molecule has 1 aromatic rings. The topological polar surface area (TPSA) is 56.3 Å². The van der Waals surface area contributed by atoms with Crippen LogP contribution in [0.2, 0.25) is 0 Å². The summed E-state index contributed by atoms with van der Waals surface area (Å²) in [4.78, 5) is 8.07. The van der Waals surface area contributed by atoms with Crippen molar-refractivity contribution in [3.05, 3.63) is 24.3 Å². The van der Waals surface area contributed by atoms with Gasteiger partial charge in [0, 0.05) is 37.7 Å². The van der Waals surface area contributed by atoms with Crippen LogP contribution in [0.5, 0.6) is 0 Å². The first-order valence-corrected chi connectivity index (χ1v) is 5.93. The first kappa shape index (κ1) is 14.0. The van der Waals surface area contributed by atoms with Crippen molar-refractivity contribution in [3.63, 3.8) is 0 Å². The molecule has 1 unspecified atom stereocenters. The van der Waals surface area contributed by atoms with Gasteiger partial charge in [-0.25, -0.2) is 9.97 Å². The van der Waals surface area contributed by atoms with Crippen molar-refractivity contribution in [3.8, 4) is 0 Å². The summed E-state index contributed by atoms with van der Waals surface area (Å²) in [5.74, 6) is 0. The molecule has 1 aromatic heterocycles. The molecular weight excluding hydrogens is 218 g/mol. The third-order valence-corrected chi connectivity index (χ3v) is 2.42. The Hall–Kier alpha value is -1.04. The standard InChI is InChI=1S/C12H21N3O2/c1-3-15-12(4-5-17-7-6-16-2)11-8-13-10-14-9-11/h8-10,12,15H,3-7H2,1-2H3. The molecule has 1 N–H and O–H groups in total. The first-order valence-electron chi connectivity index (χ1n) is 5.93. The van der Waals surface area contributed by atoms with Gasteiger partial charge in [0.05, 0.1) is 13.2 Å². The molecule has 96 valence electrons. The number of rotatable bonds is 9. The maximum absolute atomic E-state index is 5.47. The van der Waals surface area contributed by atoms with Crippen molar-refractivity contribution in [1.82, 2.24) is 15.3 Å². The van der Waals surface area contributed by atoms with Gasteiger partial charge in [-0.15, -0.1) is 0 Å². The van der Waals surface area contributed by atoms with E-state index in [1.54, 1.807) is 13.4 Å². The summed E-state index contributed by atoms with van der Waals surface area (Å²) in [5.41, 5.74) is 1.10. The Morgan fingerprint density at radius 3 is 2.65 bits per heavy atom. The number of ether oxygens (including phenoxy) is 2. The lowest BCUT2D eigenvalue weighted by Crippen LogP contribution is -2.23. The molecule has 0 aliphatic carbocycles. The molecule has 0 saturated heterocycles. The minimum absolute atomic E-state index is 0.253. The van der Waals surface area contributed by atoms with Crippen molar-refractivity contribution < 1.29 is 9.47 Å². The van der Waals surface area contributed by atoms with E-state index in [1.165, 1.54) is 0 Å². The summed E-state index contributed by atoms with van der Waals surface area (Å²) in [6, 6.07) is 0.253. The smallest absolute Gasteiger partial charge is 0.115 e. The maximum Gasteiger partial charge on any atom is 0.115 e. The molecule has 0 amide bonds. The highest BCUT2D eigenvalue weighted by molar-refractivity contribution is 5.08. The molecular formula is C12H21N3O2. The van der Waals surface area contributed by atoms with E-state index in [4.69, 9.17) is 9.47 Å². The van der Waals surface area contributed by atoms with Gasteiger partial charge in [-0.2, -0.15) is 0 Å². The predicted molar refractivity (Wildman–Crippen MR) is 65.8 cm³/mol. The number of aromatic nitrogens is 2. The van der Waals surface area contributed by atoms with E-state index in [9.17, 15) is 0 Å². The Morgan fingerprint density at radius 2 is 2.00 bits per heavy atom. The summed E-state index contributed by atoms with van der Waals surface area (Å²) in [7, 11) is 1.67. The van der Waals surface area contributed by atoms with Crippen molar-refractivity contribution >= 4 is 0 Å². The zero-order chi connectivity index (χ0) is 12.3. The molecule has 0 spiro atoms. The summed E-state index contributed by atoms with van der Waals surface area (Å²) in [5, 5.41) is 3.40. The fourth-order valence-corrected chi connectivity index (χ4v) is 1.57. The van der Waals surface area contributed by atoms with Crippen LogP contribution in [0.3, 0.4) is 0 Å². The zero-order valence-corrected chi connectivity index (χ0v) is 10.6. The Kier molecular flexibility index (Phi) is 7.46. The van der Waals surface area contributed by atoms with Gasteiger partial charge in [0.1, 0.15) is 6.33 Å². The molecule has 0 aliphatic heterocycles. The summed E-state index contributed by atoms with van der Waals surface area (Å²) in [6.07, 6.45) is 6.14. The van der Waals surface area contributed by atoms with Crippen LogP contribution >= 0.6 is 0 Å². The van der Waals surface area contributed by atoms with Crippen LogP contribution in [0, 0.1) is 0 Å². The summed E-state index contributed by atoms with van der Waals surface area (Å²) in [6.45, 7) is 4.98. The van der Waals surface area contributed by atoms with Crippen LogP contribution in [0.25, 0.3) is 0 Å². The number of hydrogen-bond donors (Lipinski definition) is 1. The van der Waals surface area contributed by atoms with Gasteiger partial charge in [0.25, 0.3) is 0 Å². The highest BCUT2D eigenvalue weighted by Gasteiger charge is 2.10. The number of hydrogen-bond acceptors (Lipinski definition) is 5. The highest BCUT2D eigenvalue weighted by atomic mass is 16.5. The third-order valence-electron chi connectivity index (χ3n) is 2.42. The van der Waals surface area contributed by atoms with Crippen LogP contribution in [0.1, 0.15) is 24.9 Å². The van der Waals surface area contributed by atoms with Crippen LogP contribution in [-0.4, -0.2) is 43.4 Å². The average molecular weight is 239 g/mol. The fraction of sp³-hybridized carbons (Fsp3) is 0.667. The van der Waals surface area contributed by atoms with E-state index in [1.807, 2.05) is 12.4 Å². The molecule has 17 heavy (non-hydrogen) atoms. The van der Waals surface area contributed by atoms with Gasteiger partial charge in [0.15, 0.2) is 0 Å². The monoisotopic (exact) mass is 239 g/mol. The second kappa shape index (κ2) is 9.04. The van der Waals surface area contributed by atoms with Gasteiger partial charge in [-0.3, -0.25) is 0 Å². The van der Waals surface area contributed by atoms with E-state index in [0.717, 1.165) is 18.5 Å². The van der Waals surface area contributed by atoms with Gasteiger partial charge >= 0.3 is 0 Å². The number of methoxy groups -OCH3 is 1. The number of nitrogens with zero attached hydrogens (tertiary/aromatic N) is 2. The van der Waals surface area contributed by atoms with Crippen LogP contribution in [0.4, 0.5) is 0 Å². The molecule has 0 fully saturated rings. The molecule has 5 heteroatoms. The van der Waals surface area contributed by atoms with Crippen LogP contribution in [-0.2, 0) is 9.47 Å². The van der Waals surface area contributed by atoms with E-state index in [-0.39, 0.29) is 6.04 Å². The lowest BCUT2D eigenvalue weighted by Gasteiger charge is -2.17. The van der Waals surface area contributed by atoms with E-state index in [2.05, 4.69) is 22.2 Å². The second-order valence-electron chi connectivity index (χ2n) is 3.68. The van der Waals surface area contributed by atoms with E-state index in [0.29, 0.717) is 19.8 Å². The van der Waals surface area contributed by atoms with Crippen molar-refractivity contribution in [2.75, 3.05) is 33.5 Å². The van der Waals surface area contributed by atoms with Gasteiger partial charge in [-0.05, 0) is 13.0 Å². The fourth-order valence-electron chi connectivity index (χ4n) is 1.57. The normalized spacial score (nSPS) is 12.6. The predicted octanol–water partition coefficient (Wildman–Crippen LogP) is 1.18. The number of nitrogens with one attached hydrogen (secondary N) is 1. The molecule has 1 rings (SSSR count). The van der Waals surface area contributed by atoms with Crippen LogP contribution < -0.4 is 5.32 Å². The average Bonchev–Trinajstić information content (AvgIpc) is 2.38. The second-order valence-corrected chi connectivity index (χ2v) is 3.68. The quantitative estimate of drug-likeness (QED) is 0.656. The molecule has 5 nitrogen and oxygen atoms in total. The Morgan fingerprint density at radius 1 is 1.24 bits per heavy atom. The van der Waals surface area contributed by atoms with Crippen molar-refractivity contribution in [2.24, 2.45) is 0 Å². The van der Waals surface area contributed by atoms with E-state index >= 15 is 0 Å². The molecule has 0 aliphatic rings. The summed E-state index contributed by atoms with van der Waals surface area (Å²) < 4.78 is 10.4. The molecule has 1 heterocycles. The summed E-state index contributed by atoms with van der Waals surface area (Å²) >= 11 is 0. The Balaban J connectivity index is 2.33. The van der Waals surface area contributed by atoms with Crippen molar-refractivity contribution in [1.29, 1.82) is 0 Å². The third kappa shape index (κ3) is 5.72. The molecule has 1 atom stereocenters. The largest absolute Gasteiger partial charge is 0.382 e. The van der Waals surface area contributed by atoms with Gasteiger partial charge in [-0.1, -0.05) is 6.92 Å². The first-order chi connectivity index (χ1) is 8.38. The molecule has 0 radical (unpaired) electrons. The lowest BCUT2D eigenvalue weighted by atomic mass is 10.1. The van der Waals surface area contributed by atoms with Crippen molar-refractivity contribution in [2.45, 2.75) is 19.4 Å². The Bertz CT molecular complexity index is 282. The maximum atomic E-state index is 5.47. The zero-order valence-electron chi connectivity index (χ0n) is 10.6. The molecule has 0 bridgehead atoms. The minimum Gasteiger partial charge on any atom is -0.382 e. The SMILES string of the molecule is CCNC(CCOCCOC)c1cncnc1. The van der Waals surface area contributed by atoms with Crippen LogP contribution in [0.15, 0.2) is 18.7 Å². The van der Waals surface area contributed by atoms with Gasteiger partial charge < -0.3 is 14.8 Å².